The van der Waals surface area contributed by atoms with Crippen LogP contribution in [-0.2, 0) is 4.74 Å². The second-order valence-electron chi connectivity index (χ2n) is 6.88. The molecule has 1 heteroatoms. The van der Waals surface area contributed by atoms with E-state index >= 15 is 0 Å². The molecule has 16 heavy (non-hydrogen) atoms. The zero-order valence-electron chi connectivity index (χ0n) is 10.9. The first-order chi connectivity index (χ1) is 7.67. The molecule has 1 nitrogen and oxygen atoms in total. The molecule has 1 heterocycles. The minimum atomic E-state index is 0.158. The molecule has 3 fully saturated rings. The monoisotopic (exact) mass is 222 g/mol. The smallest absolute Gasteiger partial charge is 0.0657 e. The first kappa shape index (κ1) is 11.1. The zero-order chi connectivity index (χ0) is 11.2. The molecule has 1 aliphatic heterocycles. The maximum Gasteiger partial charge on any atom is 0.0657 e. The summed E-state index contributed by atoms with van der Waals surface area (Å²) in [5.41, 5.74) is 0.158. The standard InChI is InChI=1S/C15H26O/c1-15(2)14-10-12-6-4-3-5-11(12)9-13(14)7-8-16-15/h11-14H,3-10H2,1-2H3. The summed E-state index contributed by atoms with van der Waals surface area (Å²) in [7, 11) is 0. The molecule has 4 atom stereocenters. The Morgan fingerprint density at radius 3 is 2.31 bits per heavy atom. The van der Waals surface area contributed by atoms with Gasteiger partial charge in [0, 0.05) is 6.61 Å². The average Bonchev–Trinajstić information content (AvgIpc) is 2.27. The van der Waals surface area contributed by atoms with Gasteiger partial charge in [0.25, 0.3) is 0 Å². The Labute approximate surface area is 99.9 Å². The molecule has 1 saturated heterocycles. The van der Waals surface area contributed by atoms with Crippen molar-refractivity contribution in [2.75, 3.05) is 6.61 Å². The Bertz CT molecular complexity index is 258. The summed E-state index contributed by atoms with van der Waals surface area (Å²) in [6.07, 6.45) is 10.3. The number of fused-ring (bicyclic) bond motifs is 2. The molecule has 0 bridgehead atoms. The zero-order valence-corrected chi connectivity index (χ0v) is 10.9. The minimum absolute atomic E-state index is 0.158. The van der Waals surface area contributed by atoms with Crippen LogP contribution in [0.3, 0.4) is 0 Å². The van der Waals surface area contributed by atoms with Gasteiger partial charge < -0.3 is 4.74 Å². The Morgan fingerprint density at radius 2 is 1.56 bits per heavy atom. The predicted molar refractivity (Wildman–Crippen MR) is 66.3 cm³/mol. The highest BCUT2D eigenvalue weighted by molar-refractivity contribution is 4.96. The second-order valence-corrected chi connectivity index (χ2v) is 6.88. The predicted octanol–water partition coefficient (Wildman–Crippen LogP) is 4.02. The van der Waals surface area contributed by atoms with Gasteiger partial charge in [-0.25, -0.2) is 0 Å². The van der Waals surface area contributed by atoms with Crippen molar-refractivity contribution >= 4 is 0 Å². The molecule has 0 N–H and O–H groups in total. The normalized spacial score (nSPS) is 46.9. The van der Waals surface area contributed by atoms with E-state index in [4.69, 9.17) is 4.74 Å². The number of hydrogen-bond acceptors (Lipinski definition) is 1. The van der Waals surface area contributed by atoms with Gasteiger partial charge in [-0.15, -0.1) is 0 Å². The summed E-state index contributed by atoms with van der Waals surface area (Å²) in [5, 5.41) is 0. The van der Waals surface area contributed by atoms with Gasteiger partial charge in [0.05, 0.1) is 5.60 Å². The van der Waals surface area contributed by atoms with Gasteiger partial charge in [0.2, 0.25) is 0 Å². The maximum atomic E-state index is 6.01. The Balaban J connectivity index is 1.76. The van der Waals surface area contributed by atoms with E-state index < -0.39 is 0 Å². The van der Waals surface area contributed by atoms with Crippen molar-refractivity contribution in [2.24, 2.45) is 23.7 Å². The van der Waals surface area contributed by atoms with Gasteiger partial charge in [0.1, 0.15) is 0 Å². The number of rotatable bonds is 0. The molecule has 0 aromatic rings. The van der Waals surface area contributed by atoms with Crippen LogP contribution in [0.25, 0.3) is 0 Å². The Morgan fingerprint density at radius 1 is 0.875 bits per heavy atom. The van der Waals surface area contributed by atoms with E-state index in [1.54, 1.807) is 0 Å². The fourth-order valence-electron chi connectivity index (χ4n) is 4.73. The highest BCUT2D eigenvalue weighted by Crippen LogP contribution is 2.51. The summed E-state index contributed by atoms with van der Waals surface area (Å²) >= 11 is 0. The molecule has 2 aliphatic carbocycles. The van der Waals surface area contributed by atoms with Crippen molar-refractivity contribution < 1.29 is 4.74 Å². The highest BCUT2D eigenvalue weighted by atomic mass is 16.5. The lowest BCUT2D eigenvalue weighted by atomic mass is 9.58. The molecule has 2 saturated carbocycles. The molecule has 0 amide bonds. The van der Waals surface area contributed by atoms with Crippen molar-refractivity contribution in [1.82, 2.24) is 0 Å². The summed E-state index contributed by atoms with van der Waals surface area (Å²) < 4.78 is 6.01. The van der Waals surface area contributed by atoms with E-state index in [-0.39, 0.29) is 5.60 Å². The summed E-state index contributed by atoms with van der Waals surface area (Å²) in [6, 6.07) is 0. The highest BCUT2D eigenvalue weighted by Gasteiger charge is 2.46. The third kappa shape index (κ3) is 1.81. The van der Waals surface area contributed by atoms with Crippen molar-refractivity contribution in [2.45, 2.75) is 64.4 Å². The topological polar surface area (TPSA) is 9.23 Å². The van der Waals surface area contributed by atoms with Crippen LogP contribution >= 0.6 is 0 Å². The van der Waals surface area contributed by atoms with Gasteiger partial charge in [0.15, 0.2) is 0 Å². The molecule has 0 spiro atoms. The maximum absolute atomic E-state index is 6.01. The van der Waals surface area contributed by atoms with Gasteiger partial charge in [-0.1, -0.05) is 25.7 Å². The van der Waals surface area contributed by atoms with E-state index in [0.717, 1.165) is 30.3 Å². The SMILES string of the molecule is CC1(C)OCCC2CC3CCCCC3CC21. The van der Waals surface area contributed by atoms with E-state index in [1.807, 2.05) is 0 Å². The lowest BCUT2D eigenvalue weighted by Crippen LogP contribution is -2.49. The van der Waals surface area contributed by atoms with Crippen LogP contribution in [0.4, 0.5) is 0 Å². The molecule has 3 aliphatic rings. The molecule has 0 aromatic carbocycles. The second kappa shape index (κ2) is 4.01. The third-order valence-corrected chi connectivity index (χ3v) is 5.65. The van der Waals surface area contributed by atoms with E-state index in [2.05, 4.69) is 13.8 Å². The Kier molecular flexibility index (Phi) is 2.78. The lowest BCUT2D eigenvalue weighted by Gasteiger charge is -2.52. The van der Waals surface area contributed by atoms with E-state index in [9.17, 15) is 0 Å². The number of hydrogen-bond donors (Lipinski definition) is 0. The third-order valence-electron chi connectivity index (χ3n) is 5.65. The van der Waals surface area contributed by atoms with Crippen LogP contribution in [0, 0.1) is 23.7 Å². The van der Waals surface area contributed by atoms with Crippen molar-refractivity contribution in [1.29, 1.82) is 0 Å². The van der Waals surface area contributed by atoms with Gasteiger partial charge in [-0.3, -0.25) is 0 Å². The van der Waals surface area contributed by atoms with E-state index in [0.29, 0.717) is 0 Å². The van der Waals surface area contributed by atoms with Gasteiger partial charge >= 0.3 is 0 Å². The molecule has 0 radical (unpaired) electrons. The van der Waals surface area contributed by atoms with Crippen LogP contribution in [0.2, 0.25) is 0 Å². The molecular weight excluding hydrogens is 196 g/mol. The first-order valence-electron chi connectivity index (χ1n) is 7.31. The lowest BCUT2D eigenvalue weighted by molar-refractivity contribution is -0.148. The van der Waals surface area contributed by atoms with Gasteiger partial charge in [-0.05, 0) is 56.8 Å². The van der Waals surface area contributed by atoms with Crippen LogP contribution in [0.1, 0.15) is 58.8 Å². The quantitative estimate of drug-likeness (QED) is 0.601. The number of ether oxygens (including phenoxy) is 1. The molecule has 4 unspecified atom stereocenters. The summed E-state index contributed by atoms with van der Waals surface area (Å²) in [5.74, 6) is 3.93. The summed E-state index contributed by atoms with van der Waals surface area (Å²) in [4.78, 5) is 0. The van der Waals surface area contributed by atoms with Crippen LogP contribution in [0.15, 0.2) is 0 Å². The van der Waals surface area contributed by atoms with Gasteiger partial charge in [-0.2, -0.15) is 0 Å². The molecular formula is C15H26O. The average molecular weight is 222 g/mol. The Hall–Kier alpha value is -0.0400. The van der Waals surface area contributed by atoms with Crippen LogP contribution in [-0.4, -0.2) is 12.2 Å². The molecule has 0 aromatic heterocycles. The van der Waals surface area contributed by atoms with Crippen LogP contribution in [0.5, 0.6) is 0 Å². The molecule has 92 valence electrons. The fraction of sp³-hybridized carbons (Fsp3) is 1.00. The van der Waals surface area contributed by atoms with Crippen LogP contribution < -0.4 is 0 Å². The van der Waals surface area contributed by atoms with Crippen molar-refractivity contribution in [3.63, 3.8) is 0 Å². The minimum Gasteiger partial charge on any atom is -0.375 e. The summed E-state index contributed by atoms with van der Waals surface area (Å²) in [6.45, 7) is 5.66. The molecule has 3 rings (SSSR count). The largest absolute Gasteiger partial charge is 0.375 e. The van der Waals surface area contributed by atoms with Crippen molar-refractivity contribution in [3.05, 3.63) is 0 Å². The van der Waals surface area contributed by atoms with E-state index in [1.165, 1.54) is 44.9 Å². The van der Waals surface area contributed by atoms with Crippen molar-refractivity contribution in [3.8, 4) is 0 Å². The fourth-order valence-corrected chi connectivity index (χ4v) is 4.73. The first-order valence-corrected chi connectivity index (χ1v) is 7.31.